The van der Waals surface area contributed by atoms with Crippen LogP contribution in [0.15, 0.2) is 0 Å². The van der Waals surface area contributed by atoms with Gasteiger partial charge in [-0.15, -0.1) is 12.4 Å². The zero-order chi connectivity index (χ0) is 4.85. The fourth-order valence-electron chi connectivity index (χ4n) is 1.76. The van der Waals surface area contributed by atoms with Gasteiger partial charge in [-0.25, -0.2) is 0 Å². The highest BCUT2D eigenvalue weighted by Gasteiger charge is 2.44. The topological polar surface area (TPSA) is 26.0 Å². The molecule has 2 atom stereocenters. The van der Waals surface area contributed by atoms with E-state index in [2.05, 4.69) is 0 Å². The summed E-state index contributed by atoms with van der Waals surface area (Å²) in [6.07, 6.45) is 4.14. The Hall–Kier alpha value is 0.250. The Kier molecular flexibility index (Phi) is 1.50. The van der Waals surface area contributed by atoms with Gasteiger partial charge >= 0.3 is 0 Å². The van der Waals surface area contributed by atoms with Crippen LogP contribution in [0, 0.1) is 11.8 Å². The molecule has 2 N–H and O–H groups in total. The lowest BCUT2D eigenvalue weighted by atomic mass is 10.2. The molecule has 1 nitrogen and oxygen atoms in total. The van der Waals surface area contributed by atoms with E-state index in [1.54, 1.807) is 0 Å². The first kappa shape index (κ1) is 6.37. The van der Waals surface area contributed by atoms with Crippen molar-refractivity contribution in [2.45, 2.75) is 25.3 Å². The van der Waals surface area contributed by atoms with Gasteiger partial charge in [0.15, 0.2) is 0 Å². The minimum Gasteiger partial charge on any atom is -0.328 e. The van der Waals surface area contributed by atoms with E-state index in [-0.39, 0.29) is 12.4 Å². The molecule has 0 aromatic rings. The maximum Gasteiger partial charge on any atom is 0.00443 e. The Morgan fingerprint density at radius 3 is 1.75 bits per heavy atom. The molecule has 0 amide bonds. The first-order valence-electron chi connectivity index (χ1n) is 3.12. The summed E-state index contributed by atoms with van der Waals surface area (Å²) in [6.45, 7) is 0. The molecule has 48 valence electrons. The number of hydrogen-bond acceptors (Lipinski definition) is 1. The van der Waals surface area contributed by atoms with E-state index in [1.807, 2.05) is 0 Å². The van der Waals surface area contributed by atoms with E-state index in [1.165, 1.54) is 19.3 Å². The predicted octanol–water partition coefficient (Wildman–Crippen LogP) is 1.17. The minimum atomic E-state index is 0. The van der Waals surface area contributed by atoms with Crippen LogP contribution in [0.3, 0.4) is 0 Å². The van der Waals surface area contributed by atoms with Crippen molar-refractivity contribution < 1.29 is 0 Å². The summed E-state index contributed by atoms with van der Waals surface area (Å²) in [5.74, 6) is 2.13. The van der Waals surface area contributed by atoms with Crippen molar-refractivity contribution in [3.8, 4) is 0 Å². The van der Waals surface area contributed by atoms with Gasteiger partial charge in [0.1, 0.15) is 0 Å². The fraction of sp³-hybridized carbons (Fsp3) is 1.00. The molecule has 0 bridgehead atoms. The molecule has 2 aliphatic carbocycles. The van der Waals surface area contributed by atoms with Gasteiger partial charge in [0.2, 0.25) is 0 Å². The van der Waals surface area contributed by atoms with Gasteiger partial charge in [-0.3, -0.25) is 0 Å². The van der Waals surface area contributed by atoms with Crippen LogP contribution in [0.1, 0.15) is 19.3 Å². The molecule has 0 heterocycles. The van der Waals surface area contributed by atoms with Crippen LogP contribution in [0.25, 0.3) is 0 Å². The number of hydrogen-bond donors (Lipinski definition) is 1. The molecule has 2 rings (SSSR count). The summed E-state index contributed by atoms with van der Waals surface area (Å²) in [5.41, 5.74) is 5.66. The summed E-state index contributed by atoms with van der Waals surface area (Å²) in [5, 5.41) is 0. The van der Waals surface area contributed by atoms with Gasteiger partial charge < -0.3 is 5.73 Å². The summed E-state index contributed by atoms with van der Waals surface area (Å²) in [7, 11) is 0. The molecule has 0 unspecified atom stereocenters. The molecule has 2 heteroatoms. The van der Waals surface area contributed by atoms with Crippen LogP contribution >= 0.6 is 12.4 Å². The molecular weight excluding hydrogens is 122 g/mol. The summed E-state index contributed by atoms with van der Waals surface area (Å²) in [6, 6.07) is 0.573. The molecule has 0 saturated heterocycles. The highest BCUT2D eigenvalue weighted by Crippen LogP contribution is 2.50. The molecule has 2 aliphatic rings. The van der Waals surface area contributed by atoms with Crippen LogP contribution in [-0.4, -0.2) is 6.04 Å². The van der Waals surface area contributed by atoms with Crippen molar-refractivity contribution in [2.75, 3.05) is 0 Å². The van der Waals surface area contributed by atoms with Gasteiger partial charge in [-0.2, -0.15) is 0 Å². The molecule has 8 heavy (non-hydrogen) atoms. The van der Waals surface area contributed by atoms with Crippen molar-refractivity contribution in [1.29, 1.82) is 0 Å². The summed E-state index contributed by atoms with van der Waals surface area (Å²) >= 11 is 0. The zero-order valence-electron chi connectivity index (χ0n) is 4.84. The van der Waals surface area contributed by atoms with Gasteiger partial charge in [0, 0.05) is 6.04 Å². The first-order valence-corrected chi connectivity index (χ1v) is 3.12. The largest absolute Gasteiger partial charge is 0.328 e. The van der Waals surface area contributed by atoms with Crippen LogP contribution in [0.2, 0.25) is 0 Å². The molecule has 0 spiro atoms. The summed E-state index contributed by atoms with van der Waals surface area (Å²) < 4.78 is 0. The second kappa shape index (κ2) is 1.89. The van der Waals surface area contributed by atoms with Crippen molar-refractivity contribution >= 4 is 12.4 Å². The van der Waals surface area contributed by atoms with E-state index in [4.69, 9.17) is 5.73 Å². The lowest BCUT2D eigenvalue weighted by Crippen LogP contribution is -2.16. The SMILES string of the molecule is Cl.NC1C[C@@H]2C[C@H]2C1. The van der Waals surface area contributed by atoms with Crippen LogP contribution in [0.4, 0.5) is 0 Å². The number of rotatable bonds is 0. The van der Waals surface area contributed by atoms with Gasteiger partial charge in [0.25, 0.3) is 0 Å². The zero-order valence-corrected chi connectivity index (χ0v) is 5.66. The van der Waals surface area contributed by atoms with Crippen molar-refractivity contribution in [3.63, 3.8) is 0 Å². The minimum absolute atomic E-state index is 0. The Bertz CT molecular complexity index is 84.5. The molecular formula is C6H12ClN. The Balaban J connectivity index is 0.000000320. The highest BCUT2D eigenvalue weighted by molar-refractivity contribution is 5.85. The Morgan fingerprint density at radius 1 is 1.00 bits per heavy atom. The van der Waals surface area contributed by atoms with Crippen LogP contribution < -0.4 is 5.73 Å². The third kappa shape index (κ3) is 0.848. The lowest BCUT2D eigenvalue weighted by molar-refractivity contribution is 0.614. The molecule has 0 radical (unpaired) electrons. The van der Waals surface area contributed by atoms with E-state index >= 15 is 0 Å². The van der Waals surface area contributed by atoms with Gasteiger partial charge in [-0.05, 0) is 31.1 Å². The smallest absolute Gasteiger partial charge is 0.00443 e. The van der Waals surface area contributed by atoms with Gasteiger partial charge in [-0.1, -0.05) is 0 Å². The summed E-state index contributed by atoms with van der Waals surface area (Å²) in [4.78, 5) is 0. The third-order valence-corrected chi connectivity index (χ3v) is 2.28. The van der Waals surface area contributed by atoms with Crippen molar-refractivity contribution in [2.24, 2.45) is 17.6 Å². The fourth-order valence-corrected chi connectivity index (χ4v) is 1.76. The number of fused-ring (bicyclic) bond motifs is 1. The predicted molar refractivity (Wildman–Crippen MR) is 36.1 cm³/mol. The van der Waals surface area contributed by atoms with E-state index < -0.39 is 0 Å². The Labute approximate surface area is 56.0 Å². The molecule has 2 saturated carbocycles. The quantitative estimate of drug-likeness (QED) is 0.528. The van der Waals surface area contributed by atoms with E-state index in [0.717, 1.165) is 11.8 Å². The second-order valence-electron chi connectivity index (χ2n) is 2.99. The first-order chi connectivity index (χ1) is 3.36. The van der Waals surface area contributed by atoms with Crippen LogP contribution in [0.5, 0.6) is 0 Å². The second-order valence-corrected chi connectivity index (χ2v) is 2.99. The maximum absolute atomic E-state index is 5.66. The van der Waals surface area contributed by atoms with Crippen LogP contribution in [-0.2, 0) is 0 Å². The van der Waals surface area contributed by atoms with E-state index in [9.17, 15) is 0 Å². The molecule has 2 fully saturated rings. The van der Waals surface area contributed by atoms with Crippen molar-refractivity contribution in [3.05, 3.63) is 0 Å². The maximum atomic E-state index is 5.66. The molecule has 0 aromatic carbocycles. The lowest BCUT2D eigenvalue weighted by Gasteiger charge is -1.99. The third-order valence-electron chi connectivity index (χ3n) is 2.28. The van der Waals surface area contributed by atoms with E-state index in [0.29, 0.717) is 6.04 Å². The molecule has 0 aliphatic heterocycles. The monoisotopic (exact) mass is 133 g/mol. The van der Waals surface area contributed by atoms with Crippen molar-refractivity contribution in [1.82, 2.24) is 0 Å². The Morgan fingerprint density at radius 2 is 1.50 bits per heavy atom. The normalized spacial score (nSPS) is 43.1. The average Bonchev–Trinajstić information content (AvgIpc) is 2.15. The number of halogens is 1. The molecule has 0 aromatic heterocycles. The standard InChI is InChI=1S/C6H11N.ClH/c7-6-2-4-1-5(4)3-6;/h4-6H,1-3,7H2;1H/t4-,5-;/m0./s1. The average molecular weight is 134 g/mol. The highest BCUT2D eigenvalue weighted by atomic mass is 35.5. The van der Waals surface area contributed by atoms with Gasteiger partial charge in [0.05, 0.1) is 0 Å². The number of nitrogens with two attached hydrogens (primary N) is 1.